The fourth-order valence-electron chi connectivity index (χ4n) is 2.41. The van der Waals surface area contributed by atoms with Crippen molar-refractivity contribution in [1.29, 1.82) is 0 Å². The second kappa shape index (κ2) is 6.61. The van der Waals surface area contributed by atoms with Crippen molar-refractivity contribution in [1.82, 2.24) is 9.80 Å². The minimum absolute atomic E-state index is 0.0113. The molecule has 1 saturated heterocycles. The van der Waals surface area contributed by atoms with Crippen LogP contribution >= 0.6 is 0 Å². The first-order valence-corrected chi connectivity index (χ1v) is 6.74. The van der Waals surface area contributed by atoms with Gasteiger partial charge in [-0.25, -0.2) is 4.79 Å². The maximum atomic E-state index is 12.4. The number of hydrogen-bond donors (Lipinski definition) is 1. The van der Waals surface area contributed by atoms with Gasteiger partial charge in [0.1, 0.15) is 0 Å². The van der Waals surface area contributed by atoms with Crippen LogP contribution in [-0.4, -0.2) is 52.6 Å². The molecule has 2 unspecified atom stereocenters. The van der Waals surface area contributed by atoms with Crippen LogP contribution in [0.25, 0.3) is 0 Å². The van der Waals surface area contributed by atoms with Gasteiger partial charge in [0, 0.05) is 25.7 Å². The SMILES string of the molecule is CCN(CCC(=O)O)C(=O)N1CCCC(C)C1C. The number of amides is 2. The minimum atomic E-state index is -0.860. The molecule has 0 aromatic rings. The van der Waals surface area contributed by atoms with E-state index in [0.717, 1.165) is 19.4 Å². The number of likely N-dealkylation sites (tertiary alicyclic amines) is 1. The van der Waals surface area contributed by atoms with Gasteiger partial charge in [-0.05, 0) is 32.6 Å². The molecule has 0 spiro atoms. The summed E-state index contributed by atoms with van der Waals surface area (Å²) in [7, 11) is 0. The maximum absolute atomic E-state index is 12.4. The molecule has 1 heterocycles. The van der Waals surface area contributed by atoms with Gasteiger partial charge in [-0.15, -0.1) is 0 Å². The average Bonchev–Trinajstić information content (AvgIpc) is 2.32. The summed E-state index contributed by atoms with van der Waals surface area (Å²) in [6.07, 6.45) is 2.21. The van der Waals surface area contributed by atoms with Crippen LogP contribution in [0.3, 0.4) is 0 Å². The Morgan fingerprint density at radius 3 is 2.61 bits per heavy atom. The second-order valence-electron chi connectivity index (χ2n) is 5.06. The van der Waals surface area contributed by atoms with Crippen LogP contribution in [0.5, 0.6) is 0 Å². The number of piperidine rings is 1. The molecular formula is C13H24N2O3. The highest BCUT2D eigenvalue weighted by Gasteiger charge is 2.30. The lowest BCUT2D eigenvalue weighted by molar-refractivity contribution is -0.137. The number of carbonyl (C=O) groups is 2. The number of carboxylic acid groups (broad SMARTS) is 1. The Bertz CT molecular complexity index is 307. The van der Waals surface area contributed by atoms with E-state index in [1.165, 1.54) is 0 Å². The molecule has 2 atom stereocenters. The Hall–Kier alpha value is -1.26. The van der Waals surface area contributed by atoms with Gasteiger partial charge >= 0.3 is 12.0 Å². The van der Waals surface area contributed by atoms with E-state index in [9.17, 15) is 9.59 Å². The minimum Gasteiger partial charge on any atom is -0.481 e. The Balaban J connectivity index is 2.62. The number of urea groups is 1. The summed E-state index contributed by atoms with van der Waals surface area (Å²) in [5, 5.41) is 8.69. The van der Waals surface area contributed by atoms with Gasteiger partial charge in [0.05, 0.1) is 6.42 Å². The highest BCUT2D eigenvalue weighted by molar-refractivity contribution is 5.76. The molecule has 0 aromatic carbocycles. The lowest BCUT2D eigenvalue weighted by Crippen LogP contribution is -2.52. The lowest BCUT2D eigenvalue weighted by Gasteiger charge is -2.40. The number of carboxylic acids is 1. The fraction of sp³-hybridized carbons (Fsp3) is 0.846. The molecule has 0 radical (unpaired) electrons. The summed E-state index contributed by atoms with van der Waals surface area (Å²) in [5.74, 6) is -0.345. The average molecular weight is 256 g/mol. The van der Waals surface area contributed by atoms with E-state index in [1.807, 2.05) is 11.8 Å². The predicted molar refractivity (Wildman–Crippen MR) is 69.5 cm³/mol. The Labute approximate surface area is 109 Å². The topological polar surface area (TPSA) is 60.9 Å². The van der Waals surface area contributed by atoms with E-state index in [4.69, 9.17) is 5.11 Å². The molecule has 5 nitrogen and oxygen atoms in total. The quantitative estimate of drug-likeness (QED) is 0.837. The largest absolute Gasteiger partial charge is 0.481 e. The van der Waals surface area contributed by atoms with Crippen LogP contribution in [0.15, 0.2) is 0 Å². The summed E-state index contributed by atoms with van der Waals surface area (Å²) in [6, 6.07) is 0.225. The number of hydrogen-bond acceptors (Lipinski definition) is 2. The molecule has 5 heteroatoms. The number of nitrogens with zero attached hydrogens (tertiary/aromatic N) is 2. The molecule has 1 aliphatic rings. The zero-order valence-corrected chi connectivity index (χ0v) is 11.6. The zero-order chi connectivity index (χ0) is 13.7. The molecule has 104 valence electrons. The van der Waals surface area contributed by atoms with Crippen LogP contribution in [0, 0.1) is 5.92 Å². The van der Waals surface area contributed by atoms with Crippen molar-refractivity contribution in [2.24, 2.45) is 5.92 Å². The first-order valence-electron chi connectivity index (χ1n) is 6.74. The van der Waals surface area contributed by atoms with Crippen molar-refractivity contribution in [2.75, 3.05) is 19.6 Å². The van der Waals surface area contributed by atoms with Gasteiger partial charge in [0.15, 0.2) is 0 Å². The van der Waals surface area contributed by atoms with Crippen molar-refractivity contribution in [3.05, 3.63) is 0 Å². The number of rotatable bonds is 4. The summed E-state index contributed by atoms with van der Waals surface area (Å²) in [4.78, 5) is 26.5. The third-order valence-electron chi connectivity index (χ3n) is 3.87. The second-order valence-corrected chi connectivity index (χ2v) is 5.06. The third kappa shape index (κ3) is 3.62. The summed E-state index contributed by atoms with van der Waals surface area (Å²) < 4.78 is 0. The van der Waals surface area contributed by atoms with Gasteiger partial charge in [0.25, 0.3) is 0 Å². The molecule has 1 rings (SSSR count). The van der Waals surface area contributed by atoms with E-state index in [2.05, 4.69) is 13.8 Å². The standard InChI is InChI=1S/C13H24N2O3/c1-4-14(9-7-12(16)17)13(18)15-8-5-6-10(2)11(15)3/h10-11H,4-9H2,1-3H3,(H,16,17). The molecule has 0 bridgehead atoms. The van der Waals surface area contributed by atoms with Crippen molar-refractivity contribution in [3.63, 3.8) is 0 Å². The maximum Gasteiger partial charge on any atom is 0.320 e. The molecular weight excluding hydrogens is 232 g/mol. The monoisotopic (exact) mass is 256 g/mol. The molecule has 0 saturated carbocycles. The smallest absolute Gasteiger partial charge is 0.320 e. The summed E-state index contributed by atoms with van der Waals surface area (Å²) >= 11 is 0. The molecule has 1 aliphatic heterocycles. The van der Waals surface area contributed by atoms with E-state index in [1.54, 1.807) is 4.90 Å². The van der Waals surface area contributed by atoms with Crippen molar-refractivity contribution >= 4 is 12.0 Å². The van der Waals surface area contributed by atoms with Gasteiger partial charge in [0.2, 0.25) is 0 Å². The lowest BCUT2D eigenvalue weighted by atomic mass is 9.92. The fourth-order valence-corrected chi connectivity index (χ4v) is 2.41. The normalized spacial score (nSPS) is 23.8. The van der Waals surface area contributed by atoms with E-state index >= 15 is 0 Å². The first-order chi connectivity index (χ1) is 8.47. The number of aliphatic carboxylic acids is 1. The first kappa shape index (κ1) is 14.8. The van der Waals surface area contributed by atoms with Crippen LogP contribution in [0.4, 0.5) is 4.79 Å². The Kier molecular flexibility index (Phi) is 5.44. The van der Waals surface area contributed by atoms with E-state index in [-0.39, 0.29) is 18.5 Å². The van der Waals surface area contributed by atoms with Crippen molar-refractivity contribution in [2.45, 2.75) is 46.1 Å². The van der Waals surface area contributed by atoms with E-state index < -0.39 is 5.97 Å². The Morgan fingerprint density at radius 2 is 2.06 bits per heavy atom. The van der Waals surface area contributed by atoms with E-state index in [0.29, 0.717) is 19.0 Å². The zero-order valence-electron chi connectivity index (χ0n) is 11.6. The molecule has 1 N–H and O–H groups in total. The molecule has 2 amide bonds. The van der Waals surface area contributed by atoms with Gasteiger partial charge in [-0.1, -0.05) is 6.92 Å². The highest BCUT2D eigenvalue weighted by atomic mass is 16.4. The van der Waals surface area contributed by atoms with Crippen LogP contribution in [-0.2, 0) is 4.79 Å². The molecule has 0 aromatic heterocycles. The van der Waals surface area contributed by atoms with Crippen molar-refractivity contribution in [3.8, 4) is 0 Å². The summed E-state index contributed by atoms with van der Waals surface area (Å²) in [5.41, 5.74) is 0. The third-order valence-corrected chi connectivity index (χ3v) is 3.87. The Morgan fingerprint density at radius 1 is 1.39 bits per heavy atom. The van der Waals surface area contributed by atoms with Crippen molar-refractivity contribution < 1.29 is 14.7 Å². The van der Waals surface area contributed by atoms with Gasteiger partial charge in [-0.2, -0.15) is 0 Å². The number of carbonyl (C=O) groups excluding carboxylic acids is 1. The van der Waals surface area contributed by atoms with Crippen LogP contribution in [0.1, 0.15) is 40.0 Å². The predicted octanol–water partition coefficient (Wildman–Crippen LogP) is 2.02. The molecule has 0 aliphatic carbocycles. The highest BCUT2D eigenvalue weighted by Crippen LogP contribution is 2.23. The summed E-state index contributed by atoms with van der Waals surface area (Å²) in [6.45, 7) is 7.77. The van der Waals surface area contributed by atoms with Crippen LogP contribution < -0.4 is 0 Å². The molecule has 18 heavy (non-hydrogen) atoms. The van der Waals surface area contributed by atoms with Gasteiger partial charge in [-0.3, -0.25) is 4.79 Å². The van der Waals surface area contributed by atoms with Crippen LogP contribution in [0.2, 0.25) is 0 Å². The van der Waals surface area contributed by atoms with Gasteiger partial charge < -0.3 is 14.9 Å². The molecule has 1 fully saturated rings.